The Labute approximate surface area is 140 Å². The van der Waals surface area contributed by atoms with Crippen molar-refractivity contribution in [2.45, 2.75) is 57.8 Å². The van der Waals surface area contributed by atoms with Gasteiger partial charge in [0.05, 0.1) is 21.3 Å². The molecule has 1 saturated carbocycles. The van der Waals surface area contributed by atoms with Crippen LogP contribution in [0.5, 0.6) is 11.5 Å². The first-order valence-corrected chi connectivity index (χ1v) is 8.48. The van der Waals surface area contributed by atoms with Crippen LogP contribution in [0, 0.1) is 0 Å². The Morgan fingerprint density at radius 2 is 1.43 bits per heavy atom. The monoisotopic (exact) mass is 322 g/mol. The van der Waals surface area contributed by atoms with Gasteiger partial charge in [0.1, 0.15) is 11.5 Å². The first-order chi connectivity index (χ1) is 11.2. The number of carbonyl (C=O) groups excluding carboxylic acids is 1. The third-order valence-corrected chi connectivity index (χ3v) is 3.59. The number of ether oxygens (including phenoxy) is 3. The van der Waals surface area contributed by atoms with E-state index in [4.69, 9.17) is 9.47 Å². The lowest BCUT2D eigenvalue weighted by molar-refractivity contribution is -0.140. The van der Waals surface area contributed by atoms with Gasteiger partial charge in [-0.1, -0.05) is 32.1 Å². The summed E-state index contributed by atoms with van der Waals surface area (Å²) in [5.74, 6) is 1.53. The van der Waals surface area contributed by atoms with Crippen LogP contribution < -0.4 is 9.47 Å². The van der Waals surface area contributed by atoms with Crippen LogP contribution in [0.4, 0.5) is 0 Å². The fraction of sp³-hybridized carbons (Fsp3) is 0.632. The number of rotatable bonds is 9. The molecule has 0 unspecified atom stereocenters. The highest BCUT2D eigenvalue weighted by Gasteiger charge is 2.03. The van der Waals surface area contributed by atoms with Crippen molar-refractivity contribution in [1.82, 2.24) is 0 Å². The van der Waals surface area contributed by atoms with Crippen molar-refractivity contribution in [1.29, 1.82) is 0 Å². The Morgan fingerprint density at radius 1 is 0.870 bits per heavy atom. The predicted octanol–water partition coefficient (Wildman–Crippen LogP) is 4.54. The molecule has 2 rings (SSSR count). The molecule has 0 heterocycles. The van der Waals surface area contributed by atoms with Gasteiger partial charge in [-0.25, -0.2) is 0 Å². The maximum absolute atomic E-state index is 11.0. The highest BCUT2D eigenvalue weighted by Crippen LogP contribution is 2.23. The van der Waals surface area contributed by atoms with Crippen molar-refractivity contribution in [3.63, 3.8) is 0 Å². The van der Waals surface area contributed by atoms with Crippen LogP contribution in [0.1, 0.15) is 56.9 Å². The fourth-order valence-electron chi connectivity index (χ4n) is 2.06. The molecule has 1 fully saturated rings. The van der Waals surface area contributed by atoms with Gasteiger partial charge < -0.3 is 14.2 Å². The highest BCUT2D eigenvalue weighted by molar-refractivity contribution is 5.68. The molecule has 0 amide bonds. The number of benzene rings is 1. The van der Waals surface area contributed by atoms with E-state index in [1.165, 1.54) is 31.9 Å². The molecule has 4 heteroatoms. The molecule has 1 aromatic rings. The molecule has 0 saturated heterocycles. The lowest BCUT2D eigenvalue weighted by Crippen LogP contribution is -1.99. The van der Waals surface area contributed by atoms with Gasteiger partial charge in [0, 0.05) is 12.5 Å². The normalized spacial score (nSPS) is 12.0. The van der Waals surface area contributed by atoms with Crippen LogP contribution in [-0.4, -0.2) is 27.3 Å². The molecular formula is C19H30O4. The minimum absolute atomic E-state index is 0.123. The molecule has 1 aliphatic rings. The van der Waals surface area contributed by atoms with Crippen LogP contribution in [0.25, 0.3) is 0 Å². The minimum atomic E-state index is -0.123. The van der Waals surface area contributed by atoms with Crippen molar-refractivity contribution >= 4 is 5.97 Å². The zero-order valence-electron chi connectivity index (χ0n) is 14.7. The molecule has 23 heavy (non-hydrogen) atoms. The minimum Gasteiger partial charge on any atom is -0.497 e. The average molecular weight is 322 g/mol. The molecule has 1 aromatic carbocycles. The van der Waals surface area contributed by atoms with Crippen LogP contribution >= 0.6 is 0 Å². The van der Waals surface area contributed by atoms with Gasteiger partial charge in [0.15, 0.2) is 0 Å². The van der Waals surface area contributed by atoms with Crippen molar-refractivity contribution < 1.29 is 19.0 Å². The summed E-state index contributed by atoms with van der Waals surface area (Å²) in [7, 11) is 4.75. The zero-order chi connectivity index (χ0) is 16.9. The largest absolute Gasteiger partial charge is 0.497 e. The quantitative estimate of drug-likeness (QED) is 0.494. The maximum Gasteiger partial charge on any atom is 0.305 e. The molecule has 0 spiro atoms. The molecule has 0 bridgehead atoms. The molecule has 0 aliphatic heterocycles. The Hall–Kier alpha value is -1.71. The number of carbonyl (C=O) groups is 1. The highest BCUT2D eigenvalue weighted by atomic mass is 16.5. The maximum atomic E-state index is 11.0. The van der Waals surface area contributed by atoms with E-state index in [0.717, 1.165) is 43.6 Å². The number of methoxy groups -OCH3 is 3. The second-order valence-electron chi connectivity index (χ2n) is 5.77. The van der Waals surface area contributed by atoms with Crippen LogP contribution in [0.2, 0.25) is 0 Å². The summed E-state index contributed by atoms with van der Waals surface area (Å²) in [4.78, 5) is 11.0. The Balaban J connectivity index is 0.000000784. The van der Waals surface area contributed by atoms with E-state index < -0.39 is 0 Å². The molecule has 4 nitrogen and oxygen atoms in total. The average Bonchev–Trinajstić information content (AvgIpc) is 3.46. The van der Waals surface area contributed by atoms with Crippen molar-refractivity contribution in [2.75, 3.05) is 21.3 Å². The van der Waals surface area contributed by atoms with Gasteiger partial charge in [-0.05, 0) is 37.0 Å². The lowest BCUT2D eigenvalue weighted by atomic mass is 10.0. The van der Waals surface area contributed by atoms with E-state index in [9.17, 15) is 4.79 Å². The van der Waals surface area contributed by atoms with E-state index in [1.807, 2.05) is 18.2 Å². The Morgan fingerprint density at radius 3 is 1.91 bits per heavy atom. The summed E-state index contributed by atoms with van der Waals surface area (Å²) in [6.07, 6.45) is 10.2. The first kappa shape index (κ1) is 19.3. The van der Waals surface area contributed by atoms with Crippen LogP contribution in [0.15, 0.2) is 18.2 Å². The van der Waals surface area contributed by atoms with E-state index in [1.54, 1.807) is 14.2 Å². The van der Waals surface area contributed by atoms with Crippen molar-refractivity contribution in [3.05, 3.63) is 23.8 Å². The number of hydrogen-bond donors (Lipinski definition) is 0. The van der Waals surface area contributed by atoms with E-state index in [0.29, 0.717) is 6.42 Å². The number of aryl methyl sites for hydroxylation is 1. The topological polar surface area (TPSA) is 44.8 Å². The standard InChI is InChI=1S/C16H24O4.C3H6/c1-18-14-10-13(11-15(12-14)19-2)8-6-4-5-7-9-16(17)20-3;1-2-3-1/h10-12H,4-9H2,1-3H3;1-3H2. The number of unbranched alkanes of at least 4 members (excludes halogenated alkanes) is 3. The van der Waals surface area contributed by atoms with Gasteiger partial charge in [0.25, 0.3) is 0 Å². The van der Waals surface area contributed by atoms with E-state index >= 15 is 0 Å². The summed E-state index contributed by atoms with van der Waals surface area (Å²) >= 11 is 0. The summed E-state index contributed by atoms with van der Waals surface area (Å²) < 4.78 is 15.1. The number of esters is 1. The predicted molar refractivity (Wildman–Crippen MR) is 92.2 cm³/mol. The lowest BCUT2D eigenvalue weighted by Gasteiger charge is -2.08. The second-order valence-corrected chi connectivity index (χ2v) is 5.77. The summed E-state index contributed by atoms with van der Waals surface area (Å²) in [6.45, 7) is 0. The summed E-state index contributed by atoms with van der Waals surface area (Å²) in [6, 6.07) is 5.95. The molecule has 1 aliphatic carbocycles. The second kappa shape index (κ2) is 11.8. The first-order valence-electron chi connectivity index (χ1n) is 8.48. The van der Waals surface area contributed by atoms with Crippen LogP contribution in [-0.2, 0) is 16.0 Å². The Kier molecular flexibility index (Phi) is 9.92. The van der Waals surface area contributed by atoms with Crippen molar-refractivity contribution in [2.24, 2.45) is 0 Å². The van der Waals surface area contributed by atoms with Gasteiger partial charge in [-0.2, -0.15) is 0 Å². The van der Waals surface area contributed by atoms with Crippen LogP contribution in [0.3, 0.4) is 0 Å². The fourth-order valence-corrected chi connectivity index (χ4v) is 2.06. The molecule has 0 N–H and O–H groups in total. The SMILES string of the molecule is C1CC1.COC(=O)CCCCCCc1cc(OC)cc(OC)c1. The third-order valence-electron chi connectivity index (χ3n) is 3.59. The molecule has 130 valence electrons. The van der Waals surface area contributed by atoms with Gasteiger partial charge in [-0.3, -0.25) is 4.79 Å². The molecule has 0 aromatic heterocycles. The van der Waals surface area contributed by atoms with E-state index in [2.05, 4.69) is 4.74 Å². The molecular weight excluding hydrogens is 292 g/mol. The Bertz CT molecular complexity index is 430. The van der Waals surface area contributed by atoms with Gasteiger partial charge in [0.2, 0.25) is 0 Å². The molecule has 0 atom stereocenters. The van der Waals surface area contributed by atoms with Gasteiger partial charge >= 0.3 is 5.97 Å². The molecule has 0 radical (unpaired) electrons. The van der Waals surface area contributed by atoms with E-state index in [-0.39, 0.29) is 5.97 Å². The zero-order valence-corrected chi connectivity index (χ0v) is 14.7. The number of hydrogen-bond acceptors (Lipinski definition) is 4. The van der Waals surface area contributed by atoms with Crippen molar-refractivity contribution in [3.8, 4) is 11.5 Å². The smallest absolute Gasteiger partial charge is 0.305 e. The third kappa shape index (κ3) is 9.82. The summed E-state index contributed by atoms with van der Waals surface area (Å²) in [5, 5.41) is 0. The van der Waals surface area contributed by atoms with Gasteiger partial charge in [-0.15, -0.1) is 0 Å². The summed E-state index contributed by atoms with van der Waals surface area (Å²) in [5.41, 5.74) is 1.22.